The first-order valence-electron chi connectivity index (χ1n) is 7.75. The van der Waals surface area contributed by atoms with Crippen molar-refractivity contribution in [1.29, 1.82) is 0 Å². The minimum absolute atomic E-state index is 0.178. The summed E-state index contributed by atoms with van der Waals surface area (Å²) in [5.41, 5.74) is 4.02. The molecule has 2 unspecified atom stereocenters. The van der Waals surface area contributed by atoms with Gasteiger partial charge in [0.05, 0.1) is 0 Å². The summed E-state index contributed by atoms with van der Waals surface area (Å²) in [5, 5.41) is 3.71. The summed E-state index contributed by atoms with van der Waals surface area (Å²) in [6, 6.07) is 16.1. The molecule has 0 saturated carbocycles. The van der Waals surface area contributed by atoms with Gasteiger partial charge in [0.15, 0.2) is 0 Å². The molecular weight excluding hydrogens is 261 g/mol. The maximum atomic E-state index is 13.0. The topological polar surface area (TPSA) is 12.0 Å². The number of halogens is 1. The lowest BCUT2D eigenvalue weighted by Gasteiger charge is -2.32. The van der Waals surface area contributed by atoms with Crippen molar-refractivity contribution in [2.45, 2.75) is 44.7 Å². The molecule has 110 valence electrons. The summed E-state index contributed by atoms with van der Waals surface area (Å²) in [4.78, 5) is 0. The first-order chi connectivity index (χ1) is 10.1. The Balaban J connectivity index is 1.79. The Morgan fingerprint density at radius 3 is 2.38 bits per heavy atom. The van der Waals surface area contributed by atoms with E-state index < -0.39 is 0 Å². The highest BCUT2D eigenvalue weighted by Gasteiger charge is 2.25. The first kappa shape index (κ1) is 14.3. The number of benzene rings is 2. The highest BCUT2D eigenvalue weighted by atomic mass is 19.1. The Morgan fingerprint density at radius 1 is 1.00 bits per heavy atom. The fraction of sp³-hybridized carbons (Fsp3) is 0.368. The van der Waals surface area contributed by atoms with Crippen LogP contribution in [-0.4, -0.2) is 0 Å². The smallest absolute Gasteiger partial charge is 0.123 e. The van der Waals surface area contributed by atoms with Crippen LogP contribution in [0.5, 0.6) is 0 Å². The Labute approximate surface area is 126 Å². The first-order valence-corrected chi connectivity index (χ1v) is 7.75. The highest BCUT2D eigenvalue weighted by molar-refractivity contribution is 5.35. The van der Waals surface area contributed by atoms with Crippen LogP contribution < -0.4 is 5.32 Å². The number of hydrogen-bond donors (Lipinski definition) is 1. The van der Waals surface area contributed by atoms with Crippen LogP contribution in [0.1, 0.15) is 61.4 Å². The third-order valence-electron chi connectivity index (χ3n) is 4.61. The average Bonchev–Trinajstić information content (AvgIpc) is 2.51. The second-order valence-electron chi connectivity index (χ2n) is 6.10. The molecule has 0 radical (unpaired) electrons. The van der Waals surface area contributed by atoms with Crippen molar-refractivity contribution in [1.82, 2.24) is 5.32 Å². The molecule has 0 saturated heterocycles. The molecule has 2 aromatic carbocycles. The van der Waals surface area contributed by atoms with Gasteiger partial charge in [-0.05, 0) is 54.5 Å². The Morgan fingerprint density at radius 2 is 1.67 bits per heavy atom. The van der Waals surface area contributed by atoms with Gasteiger partial charge in [-0.25, -0.2) is 4.39 Å². The zero-order valence-corrected chi connectivity index (χ0v) is 12.6. The monoisotopic (exact) mass is 283 g/mol. The van der Waals surface area contributed by atoms with E-state index in [4.69, 9.17) is 0 Å². The minimum Gasteiger partial charge on any atom is -0.303 e. The van der Waals surface area contributed by atoms with Crippen LogP contribution in [0.4, 0.5) is 4.39 Å². The molecule has 0 spiro atoms. The largest absolute Gasteiger partial charge is 0.303 e. The second-order valence-corrected chi connectivity index (χ2v) is 6.10. The van der Waals surface area contributed by atoms with Crippen molar-refractivity contribution in [3.8, 4) is 0 Å². The summed E-state index contributed by atoms with van der Waals surface area (Å²) in [5.74, 6) is 0.461. The third kappa shape index (κ3) is 3.01. The molecule has 0 amide bonds. The van der Waals surface area contributed by atoms with Crippen LogP contribution in [0.2, 0.25) is 0 Å². The van der Waals surface area contributed by atoms with E-state index in [-0.39, 0.29) is 11.9 Å². The van der Waals surface area contributed by atoms with Gasteiger partial charge in [0.25, 0.3) is 0 Å². The van der Waals surface area contributed by atoms with Gasteiger partial charge in [0.2, 0.25) is 0 Å². The SMILES string of the molecule is CC1CCC(N[C@@H](C)c2ccc(F)cc2)c2ccccc21. The van der Waals surface area contributed by atoms with E-state index in [1.807, 2.05) is 12.1 Å². The molecule has 0 fully saturated rings. The summed E-state index contributed by atoms with van der Waals surface area (Å²) in [6.07, 6.45) is 2.37. The molecule has 0 aromatic heterocycles. The van der Waals surface area contributed by atoms with Gasteiger partial charge in [-0.1, -0.05) is 43.3 Å². The van der Waals surface area contributed by atoms with Gasteiger partial charge in [-0.3, -0.25) is 0 Å². The molecule has 1 N–H and O–H groups in total. The molecule has 1 aliphatic rings. The molecule has 0 heterocycles. The average molecular weight is 283 g/mol. The van der Waals surface area contributed by atoms with Crippen LogP contribution in [0.15, 0.2) is 48.5 Å². The normalized spacial score (nSPS) is 22.6. The molecule has 2 heteroatoms. The molecule has 1 nitrogen and oxygen atoms in total. The predicted octanol–water partition coefficient (Wildman–Crippen LogP) is 5.11. The van der Waals surface area contributed by atoms with Crippen LogP contribution in [0.3, 0.4) is 0 Å². The summed E-state index contributed by atoms with van der Waals surface area (Å²) >= 11 is 0. The Hall–Kier alpha value is -1.67. The van der Waals surface area contributed by atoms with Crippen molar-refractivity contribution < 1.29 is 4.39 Å². The number of hydrogen-bond acceptors (Lipinski definition) is 1. The molecular formula is C19H22FN. The van der Waals surface area contributed by atoms with Gasteiger partial charge >= 0.3 is 0 Å². The van der Waals surface area contributed by atoms with Crippen LogP contribution in [0.25, 0.3) is 0 Å². The van der Waals surface area contributed by atoms with E-state index in [9.17, 15) is 4.39 Å². The molecule has 21 heavy (non-hydrogen) atoms. The summed E-state index contributed by atoms with van der Waals surface area (Å²) < 4.78 is 13.0. The van der Waals surface area contributed by atoms with Crippen molar-refractivity contribution in [3.05, 3.63) is 71.0 Å². The van der Waals surface area contributed by atoms with Crippen LogP contribution in [0, 0.1) is 5.82 Å². The fourth-order valence-corrected chi connectivity index (χ4v) is 3.33. The number of nitrogens with one attached hydrogen (secondary N) is 1. The number of fused-ring (bicyclic) bond motifs is 1. The maximum absolute atomic E-state index is 13.0. The quantitative estimate of drug-likeness (QED) is 0.825. The van der Waals surface area contributed by atoms with E-state index in [0.29, 0.717) is 12.0 Å². The van der Waals surface area contributed by atoms with Gasteiger partial charge in [-0.2, -0.15) is 0 Å². The maximum Gasteiger partial charge on any atom is 0.123 e. The van der Waals surface area contributed by atoms with Gasteiger partial charge in [0, 0.05) is 12.1 Å². The molecule has 3 atom stereocenters. The second kappa shape index (κ2) is 5.98. The Kier molecular flexibility index (Phi) is 4.07. The summed E-state index contributed by atoms with van der Waals surface area (Å²) in [6.45, 7) is 4.45. The molecule has 1 aliphatic carbocycles. The van der Waals surface area contributed by atoms with Crippen LogP contribution in [-0.2, 0) is 0 Å². The van der Waals surface area contributed by atoms with Gasteiger partial charge in [0.1, 0.15) is 5.82 Å². The lowest BCUT2D eigenvalue weighted by atomic mass is 9.80. The van der Waals surface area contributed by atoms with Gasteiger partial charge < -0.3 is 5.32 Å². The van der Waals surface area contributed by atoms with E-state index in [2.05, 4.69) is 43.4 Å². The zero-order chi connectivity index (χ0) is 14.8. The van der Waals surface area contributed by atoms with E-state index in [1.54, 1.807) is 0 Å². The lowest BCUT2D eigenvalue weighted by Crippen LogP contribution is -2.28. The molecule has 0 aliphatic heterocycles. The molecule has 2 aromatic rings. The zero-order valence-electron chi connectivity index (χ0n) is 12.6. The van der Waals surface area contributed by atoms with Gasteiger partial charge in [-0.15, -0.1) is 0 Å². The standard InChI is InChI=1S/C19H22FN/c1-13-7-12-19(18-6-4-3-5-17(13)18)21-14(2)15-8-10-16(20)11-9-15/h3-6,8-11,13-14,19,21H,7,12H2,1-2H3/t13?,14-,19?/m0/s1. The van der Waals surface area contributed by atoms with E-state index in [0.717, 1.165) is 12.0 Å². The molecule has 3 rings (SSSR count). The van der Waals surface area contributed by atoms with Crippen molar-refractivity contribution in [2.24, 2.45) is 0 Å². The van der Waals surface area contributed by atoms with E-state index in [1.165, 1.54) is 29.7 Å². The lowest BCUT2D eigenvalue weighted by molar-refractivity contribution is 0.396. The molecule has 0 bridgehead atoms. The highest BCUT2D eigenvalue weighted by Crippen LogP contribution is 2.38. The van der Waals surface area contributed by atoms with Crippen LogP contribution >= 0.6 is 0 Å². The van der Waals surface area contributed by atoms with Crippen molar-refractivity contribution >= 4 is 0 Å². The minimum atomic E-state index is -0.178. The number of rotatable bonds is 3. The summed E-state index contributed by atoms with van der Waals surface area (Å²) in [7, 11) is 0. The Bertz CT molecular complexity index is 605. The predicted molar refractivity (Wildman–Crippen MR) is 84.8 cm³/mol. The van der Waals surface area contributed by atoms with E-state index >= 15 is 0 Å². The third-order valence-corrected chi connectivity index (χ3v) is 4.61. The van der Waals surface area contributed by atoms with Crippen molar-refractivity contribution in [2.75, 3.05) is 0 Å². The fourth-order valence-electron chi connectivity index (χ4n) is 3.33. The van der Waals surface area contributed by atoms with Crippen molar-refractivity contribution in [3.63, 3.8) is 0 Å².